The Kier molecular flexibility index (Phi) is 3.58. The van der Waals surface area contributed by atoms with E-state index in [0.717, 1.165) is 0 Å². The first-order valence-electron chi connectivity index (χ1n) is 3.68. The molecule has 0 atom stereocenters. The molecule has 1 rings (SSSR count). The Balaban J connectivity index is 2.73. The number of benzene rings is 1. The monoisotopic (exact) mass is 258 g/mol. The summed E-state index contributed by atoms with van der Waals surface area (Å²) in [5, 5.41) is 10.4. The van der Waals surface area contributed by atoms with Crippen LogP contribution in [0.4, 0.5) is 4.39 Å². The number of hydrogen-bond donors (Lipinski definition) is 3. The van der Waals surface area contributed by atoms with E-state index in [1.54, 1.807) is 12.1 Å². The second-order valence-corrected chi connectivity index (χ2v) is 3.31. The minimum Gasteiger partial charge on any atom is -0.369 e. The molecular formula is C8H8BrFN4. The zero-order valence-electron chi connectivity index (χ0n) is 7.09. The highest BCUT2D eigenvalue weighted by Crippen LogP contribution is 2.15. The van der Waals surface area contributed by atoms with E-state index < -0.39 is 0 Å². The molecular weight excluding hydrogens is 251 g/mol. The molecule has 14 heavy (non-hydrogen) atoms. The van der Waals surface area contributed by atoms with Gasteiger partial charge in [-0.3, -0.25) is 5.41 Å². The highest BCUT2D eigenvalue weighted by Gasteiger charge is 1.97. The standard InChI is InChI=1S/C8H8BrFN4/c9-6-2-1-5(3-7(6)10)4-13-14-8(11)12/h1-4H,(H4,11,12,14). The van der Waals surface area contributed by atoms with Crippen molar-refractivity contribution in [3.8, 4) is 0 Å². The van der Waals surface area contributed by atoms with Crippen LogP contribution in [0.5, 0.6) is 0 Å². The van der Waals surface area contributed by atoms with Gasteiger partial charge in [0.05, 0.1) is 10.7 Å². The number of nitrogens with two attached hydrogens (primary N) is 1. The summed E-state index contributed by atoms with van der Waals surface area (Å²) in [7, 11) is 0. The number of hydrogen-bond acceptors (Lipinski definition) is 2. The average Bonchev–Trinajstić information content (AvgIpc) is 2.10. The molecule has 0 saturated heterocycles. The maximum atomic E-state index is 13.0. The molecule has 0 heterocycles. The van der Waals surface area contributed by atoms with E-state index in [4.69, 9.17) is 11.1 Å². The van der Waals surface area contributed by atoms with Crippen LogP contribution in [0.25, 0.3) is 0 Å². The van der Waals surface area contributed by atoms with Crippen molar-refractivity contribution in [3.63, 3.8) is 0 Å². The largest absolute Gasteiger partial charge is 0.369 e. The van der Waals surface area contributed by atoms with Crippen molar-refractivity contribution in [1.82, 2.24) is 5.43 Å². The molecule has 0 aliphatic heterocycles. The molecule has 0 bridgehead atoms. The fourth-order valence-corrected chi connectivity index (χ4v) is 1.02. The van der Waals surface area contributed by atoms with Crippen LogP contribution in [0.2, 0.25) is 0 Å². The Morgan fingerprint density at radius 2 is 2.36 bits per heavy atom. The van der Waals surface area contributed by atoms with E-state index in [2.05, 4.69) is 26.5 Å². The van der Waals surface area contributed by atoms with Gasteiger partial charge in [0.1, 0.15) is 5.82 Å². The van der Waals surface area contributed by atoms with Gasteiger partial charge in [-0.15, -0.1) is 0 Å². The lowest BCUT2D eigenvalue weighted by Crippen LogP contribution is -2.25. The van der Waals surface area contributed by atoms with Gasteiger partial charge in [-0.1, -0.05) is 6.07 Å². The molecule has 74 valence electrons. The normalized spacial score (nSPS) is 10.4. The van der Waals surface area contributed by atoms with Crippen molar-refractivity contribution >= 4 is 28.1 Å². The maximum Gasteiger partial charge on any atom is 0.206 e. The van der Waals surface area contributed by atoms with Gasteiger partial charge in [0, 0.05) is 0 Å². The SMILES string of the molecule is N=C(N)NN=Cc1ccc(Br)c(F)c1. The van der Waals surface area contributed by atoms with Crippen LogP contribution in [0.3, 0.4) is 0 Å². The van der Waals surface area contributed by atoms with E-state index in [0.29, 0.717) is 10.0 Å². The minimum atomic E-state index is -0.364. The van der Waals surface area contributed by atoms with Gasteiger partial charge in [0.2, 0.25) is 5.96 Å². The third kappa shape index (κ3) is 3.14. The van der Waals surface area contributed by atoms with Crippen LogP contribution < -0.4 is 11.2 Å². The topological polar surface area (TPSA) is 74.3 Å². The van der Waals surface area contributed by atoms with Crippen molar-refractivity contribution < 1.29 is 4.39 Å². The summed E-state index contributed by atoms with van der Waals surface area (Å²) in [6.45, 7) is 0. The van der Waals surface area contributed by atoms with E-state index in [1.807, 2.05) is 0 Å². The van der Waals surface area contributed by atoms with Crippen LogP contribution in [0.1, 0.15) is 5.56 Å². The minimum absolute atomic E-state index is 0.265. The summed E-state index contributed by atoms with van der Waals surface area (Å²) in [5.41, 5.74) is 7.79. The van der Waals surface area contributed by atoms with Crippen LogP contribution in [0, 0.1) is 11.2 Å². The summed E-state index contributed by atoms with van der Waals surface area (Å²) < 4.78 is 13.4. The third-order valence-electron chi connectivity index (χ3n) is 1.34. The van der Waals surface area contributed by atoms with Crippen LogP contribution in [-0.4, -0.2) is 12.2 Å². The van der Waals surface area contributed by atoms with Crippen molar-refractivity contribution in [1.29, 1.82) is 5.41 Å². The molecule has 1 aromatic carbocycles. The number of rotatable bonds is 2. The molecule has 0 fully saturated rings. The molecule has 0 unspecified atom stereocenters. The van der Waals surface area contributed by atoms with Crippen LogP contribution >= 0.6 is 15.9 Å². The number of nitrogens with one attached hydrogen (secondary N) is 2. The number of nitrogens with zero attached hydrogens (tertiary/aromatic N) is 1. The zero-order valence-corrected chi connectivity index (χ0v) is 8.68. The average molecular weight is 259 g/mol. The van der Waals surface area contributed by atoms with Crippen LogP contribution in [0.15, 0.2) is 27.8 Å². The third-order valence-corrected chi connectivity index (χ3v) is 1.99. The molecule has 0 aliphatic rings. The van der Waals surface area contributed by atoms with Gasteiger partial charge in [-0.05, 0) is 33.6 Å². The first-order chi connectivity index (χ1) is 6.59. The molecule has 0 amide bonds. The van der Waals surface area contributed by atoms with Gasteiger partial charge in [-0.25, -0.2) is 9.82 Å². The van der Waals surface area contributed by atoms with Crippen molar-refractivity contribution in [2.45, 2.75) is 0 Å². The highest BCUT2D eigenvalue weighted by molar-refractivity contribution is 9.10. The molecule has 0 saturated carbocycles. The molecule has 6 heteroatoms. The predicted molar refractivity (Wildman–Crippen MR) is 56.7 cm³/mol. The predicted octanol–water partition coefficient (Wildman–Crippen LogP) is 1.41. The number of halogens is 2. The van der Waals surface area contributed by atoms with E-state index in [1.165, 1.54) is 12.3 Å². The summed E-state index contributed by atoms with van der Waals surface area (Å²) >= 11 is 3.03. The smallest absolute Gasteiger partial charge is 0.206 e. The van der Waals surface area contributed by atoms with E-state index in [-0.39, 0.29) is 11.8 Å². The van der Waals surface area contributed by atoms with Gasteiger partial charge in [0.15, 0.2) is 0 Å². The fourth-order valence-electron chi connectivity index (χ4n) is 0.769. The Bertz CT molecular complexity index is 378. The van der Waals surface area contributed by atoms with E-state index in [9.17, 15) is 4.39 Å². The lowest BCUT2D eigenvalue weighted by molar-refractivity contribution is 0.621. The summed E-state index contributed by atoms with van der Waals surface area (Å²) in [6.07, 6.45) is 1.37. The Morgan fingerprint density at radius 1 is 1.64 bits per heavy atom. The molecule has 0 aliphatic carbocycles. The van der Waals surface area contributed by atoms with Crippen LogP contribution in [-0.2, 0) is 0 Å². The Hall–Kier alpha value is -1.43. The summed E-state index contributed by atoms with van der Waals surface area (Å²) in [6, 6.07) is 4.57. The quantitative estimate of drug-likeness (QED) is 0.426. The maximum absolute atomic E-state index is 13.0. The molecule has 0 aromatic heterocycles. The first-order valence-corrected chi connectivity index (χ1v) is 4.47. The second kappa shape index (κ2) is 4.71. The molecule has 0 spiro atoms. The number of guanidine groups is 1. The lowest BCUT2D eigenvalue weighted by atomic mass is 10.2. The van der Waals surface area contributed by atoms with Gasteiger partial charge in [0.25, 0.3) is 0 Å². The fraction of sp³-hybridized carbons (Fsp3) is 0. The second-order valence-electron chi connectivity index (χ2n) is 2.46. The molecule has 4 N–H and O–H groups in total. The van der Waals surface area contributed by atoms with E-state index >= 15 is 0 Å². The van der Waals surface area contributed by atoms with Crippen molar-refractivity contribution in [3.05, 3.63) is 34.1 Å². The summed E-state index contributed by atoms with van der Waals surface area (Å²) in [5.74, 6) is -0.629. The molecule has 0 radical (unpaired) electrons. The Morgan fingerprint density at radius 3 is 2.93 bits per heavy atom. The van der Waals surface area contributed by atoms with Gasteiger partial charge >= 0.3 is 0 Å². The van der Waals surface area contributed by atoms with Gasteiger partial charge in [-0.2, -0.15) is 5.10 Å². The molecule has 4 nitrogen and oxygen atoms in total. The zero-order chi connectivity index (χ0) is 10.6. The van der Waals surface area contributed by atoms with Crippen molar-refractivity contribution in [2.24, 2.45) is 10.8 Å². The summed E-state index contributed by atoms with van der Waals surface area (Å²) in [4.78, 5) is 0. The lowest BCUT2D eigenvalue weighted by Gasteiger charge is -1.97. The van der Waals surface area contributed by atoms with Gasteiger partial charge < -0.3 is 5.73 Å². The Labute approximate surface area is 88.6 Å². The van der Waals surface area contributed by atoms with Crippen molar-refractivity contribution in [2.75, 3.05) is 0 Å². The number of hydrazone groups is 1. The molecule has 1 aromatic rings. The first kappa shape index (κ1) is 10.6. The highest BCUT2D eigenvalue weighted by atomic mass is 79.9.